The van der Waals surface area contributed by atoms with Crippen LogP contribution in [-0.2, 0) is 14.6 Å². The smallest absolute Gasteiger partial charge is 0.224 e. The normalized spacial score (nSPS) is 14.9. The summed E-state index contributed by atoms with van der Waals surface area (Å²) in [5.74, 6) is 0.224. The Labute approximate surface area is 269 Å². The number of rotatable bonds is 8. The van der Waals surface area contributed by atoms with E-state index in [1.54, 1.807) is 36.9 Å². The van der Waals surface area contributed by atoms with E-state index in [9.17, 15) is 17.6 Å². The molecule has 0 spiro atoms. The molecule has 1 unspecified atom stereocenters. The summed E-state index contributed by atoms with van der Waals surface area (Å²) in [5.41, 5.74) is 11.1. The molecule has 0 aliphatic heterocycles. The summed E-state index contributed by atoms with van der Waals surface area (Å²) in [6, 6.07) is 9.44. The number of hydrogen-bond acceptors (Lipinski definition) is 9. The first-order valence-electron chi connectivity index (χ1n) is 15.3. The number of nitrogens with one attached hydrogen (secondary N) is 3. The van der Waals surface area contributed by atoms with Gasteiger partial charge in [-0.15, -0.1) is 0 Å². The fourth-order valence-corrected chi connectivity index (χ4v) is 6.85. The summed E-state index contributed by atoms with van der Waals surface area (Å²) in [6.45, 7) is 0. The third kappa shape index (κ3) is 6.33. The molecule has 1 saturated carbocycles. The molecule has 0 saturated heterocycles. The van der Waals surface area contributed by atoms with Crippen LogP contribution < -0.4 is 11.1 Å². The first-order chi connectivity index (χ1) is 22.6. The first-order valence-corrected chi connectivity index (χ1v) is 17.3. The van der Waals surface area contributed by atoms with Gasteiger partial charge in [-0.05, 0) is 66.3 Å². The maximum atomic E-state index is 14.7. The van der Waals surface area contributed by atoms with Crippen molar-refractivity contribution in [2.75, 3.05) is 11.6 Å². The molecule has 1 aliphatic rings. The lowest BCUT2D eigenvalue weighted by molar-refractivity contribution is -0.117. The number of pyridine rings is 3. The maximum absolute atomic E-state index is 14.7. The van der Waals surface area contributed by atoms with Gasteiger partial charge in [-0.25, -0.2) is 27.8 Å². The number of hydrogen-bond donors (Lipinski definition) is 4. The summed E-state index contributed by atoms with van der Waals surface area (Å²) in [5, 5.41) is 9.66. The molecule has 7 rings (SSSR count). The minimum atomic E-state index is -3.66. The van der Waals surface area contributed by atoms with Gasteiger partial charge in [0.2, 0.25) is 5.91 Å². The number of nitrogens with two attached hydrogens (primary N) is 1. The number of halogens is 1. The Balaban J connectivity index is 1.20. The molecule has 1 amide bonds. The number of carbonyl (C=O) groups is 1. The van der Waals surface area contributed by atoms with Crippen molar-refractivity contribution in [3.05, 3.63) is 72.6 Å². The van der Waals surface area contributed by atoms with Crippen LogP contribution in [0.3, 0.4) is 0 Å². The molecule has 14 heteroatoms. The molecule has 12 nitrogen and oxygen atoms in total. The maximum Gasteiger partial charge on any atom is 0.224 e. The average Bonchev–Trinajstić information content (AvgIpc) is 3.68. The molecular weight excluding hydrogens is 621 g/mol. The van der Waals surface area contributed by atoms with Crippen molar-refractivity contribution < 1.29 is 17.6 Å². The van der Waals surface area contributed by atoms with Crippen molar-refractivity contribution >= 4 is 43.6 Å². The van der Waals surface area contributed by atoms with Gasteiger partial charge in [-0.1, -0.05) is 19.3 Å². The van der Waals surface area contributed by atoms with E-state index in [1.165, 1.54) is 25.3 Å². The van der Waals surface area contributed by atoms with Crippen LogP contribution in [0.25, 0.3) is 56.0 Å². The number of benzene rings is 1. The van der Waals surface area contributed by atoms with Gasteiger partial charge in [0.25, 0.3) is 0 Å². The Hall–Kier alpha value is -5.08. The summed E-state index contributed by atoms with van der Waals surface area (Å²) >= 11 is 0. The lowest BCUT2D eigenvalue weighted by atomic mass is 9.87. The second kappa shape index (κ2) is 12.3. The summed E-state index contributed by atoms with van der Waals surface area (Å²) < 4.78 is 38.8. The number of amides is 1. The van der Waals surface area contributed by atoms with E-state index in [4.69, 9.17) is 5.73 Å². The summed E-state index contributed by atoms with van der Waals surface area (Å²) in [4.78, 5) is 33.9. The third-order valence-corrected chi connectivity index (χ3v) is 9.81. The van der Waals surface area contributed by atoms with Crippen LogP contribution in [0.4, 0.5) is 10.1 Å². The predicted molar refractivity (Wildman–Crippen MR) is 177 cm³/mol. The van der Waals surface area contributed by atoms with Gasteiger partial charge < -0.3 is 16.0 Å². The summed E-state index contributed by atoms with van der Waals surface area (Å²) in [6.07, 6.45) is 13.9. The van der Waals surface area contributed by atoms with Crippen LogP contribution in [0.5, 0.6) is 0 Å². The van der Waals surface area contributed by atoms with Crippen LogP contribution in [0.15, 0.2) is 61.2 Å². The van der Waals surface area contributed by atoms with Crippen molar-refractivity contribution in [2.45, 2.75) is 43.9 Å². The second-order valence-corrected chi connectivity index (χ2v) is 14.2. The highest BCUT2D eigenvalue weighted by Crippen LogP contribution is 2.34. The Bertz CT molecular complexity index is 2240. The zero-order valence-electron chi connectivity index (χ0n) is 25.5. The number of sulfone groups is 1. The quantitative estimate of drug-likeness (QED) is 0.160. The van der Waals surface area contributed by atoms with Crippen LogP contribution >= 0.6 is 0 Å². The molecule has 0 radical (unpaired) electrons. The van der Waals surface area contributed by atoms with Crippen molar-refractivity contribution in [2.24, 2.45) is 11.7 Å². The van der Waals surface area contributed by atoms with E-state index in [2.05, 4.69) is 40.4 Å². The van der Waals surface area contributed by atoms with Crippen LogP contribution in [0.2, 0.25) is 0 Å². The standard InChI is InChI=1S/C33H32FN9O3S/c1-47(45,46)30(35)20-10-19(11-23(34)12-20)25-7-8-37-32-28(25)40-33(41-32)29-26-14-22(16-38-31(26)43-42-29)21-13-24(17-36-15-21)39-27(44)9-18-5-3-2-4-6-18/h7-8,10-18,30H,2-6,9,35H2,1H3,(H,39,44)(H,37,40,41)(H,38,42,43). The zero-order valence-corrected chi connectivity index (χ0v) is 26.3. The SMILES string of the molecule is CS(=O)(=O)C(N)c1cc(F)cc(-c2ccnc3nc(-c4[nH]nc5ncc(-c6cncc(NC(=O)CC7CCCCC7)c6)cc45)[nH]c23)c1. The van der Waals surface area contributed by atoms with Gasteiger partial charge in [0.05, 0.1) is 22.8 Å². The molecule has 1 fully saturated rings. The molecule has 6 aromatic rings. The summed E-state index contributed by atoms with van der Waals surface area (Å²) in [7, 11) is -3.66. The Morgan fingerprint density at radius 1 is 1.02 bits per heavy atom. The first kappa shape index (κ1) is 30.6. The number of H-pyrrole nitrogens is 2. The molecule has 1 aromatic carbocycles. The van der Waals surface area contributed by atoms with Crippen LogP contribution in [0.1, 0.15) is 49.5 Å². The highest BCUT2D eigenvalue weighted by atomic mass is 32.2. The molecule has 5 N–H and O–H groups in total. The Morgan fingerprint density at radius 2 is 1.83 bits per heavy atom. The highest BCUT2D eigenvalue weighted by molar-refractivity contribution is 7.90. The van der Waals surface area contributed by atoms with E-state index in [-0.39, 0.29) is 11.5 Å². The number of carbonyl (C=O) groups excluding carboxylic acids is 1. The number of anilines is 1. The minimum Gasteiger partial charge on any atom is -0.335 e. The number of aromatic amines is 2. The molecular formula is C33H32FN9O3S. The average molecular weight is 654 g/mol. The van der Waals surface area contributed by atoms with Gasteiger partial charge in [0.1, 0.15) is 16.9 Å². The number of nitrogens with zero attached hydrogens (tertiary/aromatic N) is 5. The Kier molecular flexibility index (Phi) is 7.98. The van der Waals surface area contributed by atoms with Crippen molar-refractivity contribution in [3.63, 3.8) is 0 Å². The molecule has 1 atom stereocenters. The molecule has 1 aliphatic carbocycles. The topological polar surface area (TPSA) is 185 Å². The van der Waals surface area contributed by atoms with E-state index in [0.717, 1.165) is 36.3 Å². The number of fused-ring (bicyclic) bond motifs is 2. The fraction of sp³-hybridized carbons (Fsp3) is 0.273. The van der Waals surface area contributed by atoms with Gasteiger partial charge in [-0.3, -0.25) is 14.9 Å². The lowest BCUT2D eigenvalue weighted by Gasteiger charge is -2.20. The lowest BCUT2D eigenvalue weighted by Crippen LogP contribution is -2.20. The van der Waals surface area contributed by atoms with Gasteiger partial charge in [-0.2, -0.15) is 5.10 Å². The van der Waals surface area contributed by atoms with Crippen LogP contribution in [-0.4, -0.2) is 55.7 Å². The highest BCUT2D eigenvalue weighted by Gasteiger charge is 2.22. The van der Waals surface area contributed by atoms with Crippen molar-refractivity contribution in [1.82, 2.24) is 35.1 Å². The van der Waals surface area contributed by atoms with Gasteiger partial charge >= 0.3 is 0 Å². The van der Waals surface area contributed by atoms with Gasteiger partial charge in [0.15, 0.2) is 27.0 Å². The number of imidazole rings is 1. The van der Waals surface area contributed by atoms with Gasteiger partial charge in [0, 0.05) is 48.0 Å². The van der Waals surface area contributed by atoms with Crippen LogP contribution in [0, 0.1) is 11.7 Å². The zero-order chi connectivity index (χ0) is 32.7. The molecule has 240 valence electrons. The molecule has 5 aromatic heterocycles. The largest absolute Gasteiger partial charge is 0.335 e. The van der Waals surface area contributed by atoms with Crippen molar-refractivity contribution in [1.29, 1.82) is 0 Å². The second-order valence-electron chi connectivity index (χ2n) is 12.1. The van der Waals surface area contributed by atoms with E-state index < -0.39 is 21.0 Å². The Morgan fingerprint density at radius 3 is 2.64 bits per heavy atom. The number of aromatic nitrogens is 7. The third-order valence-electron chi connectivity index (χ3n) is 8.61. The van der Waals surface area contributed by atoms with Crippen molar-refractivity contribution in [3.8, 4) is 33.8 Å². The molecule has 5 heterocycles. The molecule has 47 heavy (non-hydrogen) atoms. The van der Waals surface area contributed by atoms with E-state index >= 15 is 0 Å². The minimum absolute atomic E-state index is 0.00730. The molecule has 0 bridgehead atoms. The fourth-order valence-electron chi connectivity index (χ4n) is 6.22. The predicted octanol–water partition coefficient (Wildman–Crippen LogP) is 5.68. The van der Waals surface area contributed by atoms with E-state index in [0.29, 0.717) is 62.9 Å². The monoisotopic (exact) mass is 653 g/mol. The van der Waals surface area contributed by atoms with E-state index in [1.807, 2.05) is 12.1 Å².